The van der Waals surface area contributed by atoms with E-state index in [2.05, 4.69) is 30.0 Å². The quantitative estimate of drug-likeness (QED) is 0.328. The molecule has 1 saturated heterocycles. The Morgan fingerprint density at radius 1 is 0.971 bits per heavy atom. The third-order valence-electron chi connectivity index (χ3n) is 5.80. The number of aliphatic imine (C=N–C) groups is 1. The van der Waals surface area contributed by atoms with Gasteiger partial charge in [-0.1, -0.05) is 53.7 Å². The number of ether oxygens (including phenoxy) is 1. The second-order valence-corrected chi connectivity index (χ2v) is 10.4. The summed E-state index contributed by atoms with van der Waals surface area (Å²) >= 11 is 9.12. The van der Waals surface area contributed by atoms with Crippen LogP contribution < -0.4 is 9.64 Å². The lowest BCUT2D eigenvalue weighted by molar-refractivity contribution is -0.122. The maximum Gasteiger partial charge on any atom is 0.269 e. The van der Waals surface area contributed by atoms with Crippen LogP contribution in [0.5, 0.6) is 5.75 Å². The van der Waals surface area contributed by atoms with Crippen LogP contribution in [-0.2, 0) is 11.2 Å². The van der Waals surface area contributed by atoms with E-state index in [9.17, 15) is 4.79 Å². The molecule has 0 radical (unpaired) electrons. The Labute approximate surface area is 218 Å². The molecule has 5 nitrogen and oxygen atoms in total. The maximum atomic E-state index is 13.8. The lowest BCUT2D eigenvalue weighted by Gasteiger charge is -2.19. The minimum Gasteiger partial charge on any atom is -0.497 e. The molecule has 0 unspecified atom stereocenters. The number of amides is 1. The number of benzene rings is 3. The van der Waals surface area contributed by atoms with Gasteiger partial charge in [-0.25, -0.2) is 4.99 Å². The average Bonchev–Trinajstić information content (AvgIpc) is 3.40. The molecule has 2 aliphatic rings. The summed E-state index contributed by atoms with van der Waals surface area (Å²) in [5.41, 5.74) is 3.01. The number of halogens is 1. The van der Waals surface area contributed by atoms with Gasteiger partial charge in [0.05, 0.1) is 18.5 Å². The molecule has 0 spiro atoms. The first kappa shape index (κ1) is 23.9. The first-order chi connectivity index (χ1) is 17.1. The molecule has 8 heteroatoms. The van der Waals surface area contributed by atoms with Gasteiger partial charge in [-0.15, -0.1) is 0 Å². The van der Waals surface area contributed by atoms with E-state index in [1.807, 2.05) is 54.6 Å². The summed E-state index contributed by atoms with van der Waals surface area (Å²) in [7, 11) is 1.67. The highest BCUT2D eigenvalue weighted by molar-refractivity contribution is 8.19. The van der Waals surface area contributed by atoms with Gasteiger partial charge in [-0.3, -0.25) is 9.69 Å². The fourth-order valence-corrected chi connectivity index (χ4v) is 6.52. The van der Waals surface area contributed by atoms with E-state index in [-0.39, 0.29) is 5.91 Å². The van der Waals surface area contributed by atoms with Crippen LogP contribution in [0.15, 0.2) is 92.6 Å². The topological polar surface area (TPSA) is 45.1 Å². The molecule has 0 bridgehead atoms. The molecule has 1 fully saturated rings. The first-order valence-electron chi connectivity index (χ1n) is 11.3. The molecule has 3 aromatic rings. The zero-order valence-corrected chi connectivity index (χ0v) is 21.8. The van der Waals surface area contributed by atoms with Crippen molar-refractivity contribution >= 4 is 57.6 Å². The van der Waals surface area contributed by atoms with Crippen molar-refractivity contribution in [2.75, 3.05) is 25.1 Å². The molecule has 35 heavy (non-hydrogen) atoms. The number of fused-ring (bicyclic) bond motifs is 1. The highest BCUT2D eigenvalue weighted by atomic mass is 35.5. The Balaban J connectivity index is 1.51. The second-order valence-electron chi connectivity index (χ2n) is 7.98. The molecule has 2 aliphatic heterocycles. The van der Waals surface area contributed by atoms with Crippen molar-refractivity contribution in [3.63, 3.8) is 0 Å². The minimum absolute atomic E-state index is 0.0145. The standard InChI is InChI=1S/C27H24ClN3O2S2/c1-3-30-22-17-21(33-2)13-14-23(22)34-26(30)24-25(32)31(16-15-18-7-5-4-6-8-18)27(35-24)29-20-11-9-19(28)10-12-20/h4-14,17H,3,15-16H2,1-2H3/b26-24-,29-27?. The van der Waals surface area contributed by atoms with Gasteiger partial charge in [0.25, 0.3) is 5.91 Å². The lowest BCUT2D eigenvalue weighted by atomic mass is 10.1. The van der Waals surface area contributed by atoms with Crippen molar-refractivity contribution in [1.82, 2.24) is 4.90 Å². The molecule has 0 aliphatic carbocycles. The van der Waals surface area contributed by atoms with Crippen molar-refractivity contribution in [3.8, 4) is 5.75 Å². The maximum absolute atomic E-state index is 13.8. The Bertz CT molecular complexity index is 1310. The predicted molar refractivity (Wildman–Crippen MR) is 147 cm³/mol. The number of thioether (sulfide) groups is 2. The summed E-state index contributed by atoms with van der Waals surface area (Å²) in [6.07, 6.45) is 0.747. The zero-order chi connectivity index (χ0) is 24.4. The lowest BCUT2D eigenvalue weighted by Crippen LogP contribution is -2.32. The fraction of sp³-hybridized carbons (Fsp3) is 0.185. The monoisotopic (exact) mass is 521 g/mol. The van der Waals surface area contributed by atoms with Gasteiger partial charge in [-0.2, -0.15) is 0 Å². The van der Waals surface area contributed by atoms with Crippen molar-refractivity contribution in [3.05, 3.63) is 93.3 Å². The smallest absolute Gasteiger partial charge is 0.269 e. The van der Waals surface area contributed by atoms with E-state index in [0.29, 0.717) is 21.6 Å². The second kappa shape index (κ2) is 10.4. The Kier molecular flexibility index (Phi) is 7.09. The SMILES string of the molecule is CCN1/C(=C2/SC(=Nc3ccc(Cl)cc3)N(CCc3ccccc3)C2=O)Sc2ccc(OC)cc21. The van der Waals surface area contributed by atoms with Gasteiger partial charge in [0.15, 0.2) is 5.17 Å². The molecule has 0 aromatic heterocycles. The Morgan fingerprint density at radius 2 is 1.74 bits per heavy atom. The van der Waals surface area contributed by atoms with E-state index in [4.69, 9.17) is 21.3 Å². The number of hydrogen-bond acceptors (Lipinski definition) is 6. The largest absolute Gasteiger partial charge is 0.497 e. The van der Waals surface area contributed by atoms with Gasteiger partial charge >= 0.3 is 0 Å². The number of hydrogen-bond donors (Lipinski definition) is 0. The number of anilines is 1. The highest BCUT2D eigenvalue weighted by Crippen LogP contribution is 2.51. The summed E-state index contributed by atoms with van der Waals surface area (Å²) in [6, 6.07) is 23.6. The van der Waals surface area contributed by atoms with Gasteiger partial charge in [-0.05, 0) is 67.1 Å². The van der Waals surface area contributed by atoms with Gasteiger partial charge in [0.1, 0.15) is 15.7 Å². The Hall–Kier alpha value is -2.87. The molecule has 178 valence electrons. The number of methoxy groups -OCH3 is 1. The van der Waals surface area contributed by atoms with Crippen molar-refractivity contribution in [2.45, 2.75) is 18.2 Å². The van der Waals surface area contributed by atoms with E-state index < -0.39 is 0 Å². The number of amidine groups is 1. The van der Waals surface area contributed by atoms with Crippen LogP contribution in [0.3, 0.4) is 0 Å². The van der Waals surface area contributed by atoms with Gasteiger partial charge in [0, 0.05) is 29.1 Å². The van der Waals surface area contributed by atoms with Crippen LogP contribution in [0.25, 0.3) is 0 Å². The molecular weight excluding hydrogens is 498 g/mol. The number of nitrogens with zero attached hydrogens (tertiary/aromatic N) is 3. The predicted octanol–water partition coefficient (Wildman–Crippen LogP) is 6.96. The first-order valence-corrected chi connectivity index (χ1v) is 13.3. The van der Waals surface area contributed by atoms with E-state index in [1.165, 1.54) is 17.3 Å². The normalized spacial score (nSPS) is 18.5. The fourth-order valence-electron chi connectivity index (χ4n) is 4.00. The van der Waals surface area contributed by atoms with Crippen molar-refractivity contribution in [1.29, 1.82) is 0 Å². The number of rotatable bonds is 6. The highest BCUT2D eigenvalue weighted by Gasteiger charge is 2.39. The molecule has 3 aromatic carbocycles. The number of carbonyl (C=O) groups is 1. The summed E-state index contributed by atoms with van der Waals surface area (Å²) in [5, 5.41) is 2.28. The average molecular weight is 522 g/mol. The molecule has 1 amide bonds. The van der Waals surface area contributed by atoms with Crippen LogP contribution in [0.4, 0.5) is 11.4 Å². The van der Waals surface area contributed by atoms with E-state index in [1.54, 1.807) is 23.8 Å². The van der Waals surface area contributed by atoms with Crippen molar-refractivity contribution < 1.29 is 9.53 Å². The molecule has 0 atom stereocenters. The summed E-state index contributed by atoms with van der Waals surface area (Å²) < 4.78 is 5.44. The zero-order valence-electron chi connectivity index (χ0n) is 19.4. The molecule has 2 heterocycles. The summed E-state index contributed by atoms with van der Waals surface area (Å²) in [6.45, 7) is 3.39. The van der Waals surface area contributed by atoms with Crippen molar-refractivity contribution in [2.24, 2.45) is 4.99 Å². The number of carbonyl (C=O) groups excluding carboxylic acids is 1. The third kappa shape index (κ3) is 4.94. The van der Waals surface area contributed by atoms with Crippen LogP contribution in [-0.4, -0.2) is 36.2 Å². The minimum atomic E-state index is -0.0145. The summed E-state index contributed by atoms with van der Waals surface area (Å²) in [5.74, 6) is 0.785. The molecule has 0 N–H and O–H groups in total. The molecule has 5 rings (SSSR count). The summed E-state index contributed by atoms with van der Waals surface area (Å²) in [4.78, 5) is 24.4. The van der Waals surface area contributed by atoms with Crippen LogP contribution in [0.2, 0.25) is 5.02 Å². The van der Waals surface area contributed by atoms with Crippen LogP contribution in [0, 0.1) is 0 Å². The Morgan fingerprint density at radius 3 is 2.46 bits per heavy atom. The van der Waals surface area contributed by atoms with E-state index >= 15 is 0 Å². The van der Waals surface area contributed by atoms with Crippen LogP contribution >= 0.6 is 35.1 Å². The third-order valence-corrected chi connectivity index (χ3v) is 8.43. The van der Waals surface area contributed by atoms with E-state index in [0.717, 1.165) is 40.0 Å². The molecular formula is C27H24ClN3O2S2. The van der Waals surface area contributed by atoms with Gasteiger partial charge in [0.2, 0.25) is 0 Å². The molecule has 0 saturated carbocycles. The van der Waals surface area contributed by atoms with Crippen LogP contribution in [0.1, 0.15) is 12.5 Å². The van der Waals surface area contributed by atoms with Gasteiger partial charge < -0.3 is 9.64 Å².